The highest BCUT2D eigenvalue weighted by Crippen LogP contribution is 2.25. The number of halogens is 1. The zero-order valence-corrected chi connectivity index (χ0v) is 21.0. The Bertz CT molecular complexity index is 1340. The molecule has 2 aromatic heterocycles. The number of hydrogen-bond donors (Lipinski definition) is 0. The summed E-state index contributed by atoms with van der Waals surface area (Å²) < 4.78 is 24.1. The molecule has 7 nitrogen and oxygen atoms in total. The van der Waals surface area contributed by atoms with Gasteiger partial charge in [0.15, 0.2) is 0 Å². The molecule has 8 heteroatoms. The maximum atomic E-state index is 13.2. The van der Waals surface area contributed by atoms with Crippen molar-refractivity contribution in [2.24, 2.45) is 0 Å². The number of pyridine rings is 1. The number of amides is 1. The van der Waals surface area contributed by atoms with Gasteiger partial charge in [0.2, 0.25) is 0 Å². The molecule has 4 aromatic rings. The van der Waals surface area contributed by atoms with Crippen molar-refractivity contribution in [3.05, 3.63) is 95.3 Å². The first-order valence-corrected chi connectivity index (χ1v) is 12.4. The van der Waals surface area contributed by atoms with Gasteiger partial charge in [-0.2, -0.15) is 0 Å². The van der Waals surface area contributed by atoms with Gasteiger partial charge in [-0.15, -0.1) is 0 Å². The van der Waals surface area contributed by atoms with Gasteiger partial charge in [0.1, 0.15) is 28.8 Å². The average molecular weight is 501 g/mol. The van der Waals surface area contributed by atoms with Crippen LogP contribution in [0.4, 0.5) is 4.39 Å². The molecule has 0 N–H and O–H groups in total. The van der Waals surface area contributed by atoms with Crippen LogP contribution in [0.15, 0.2) is 71.3 Å². The van der Waals surface area contributed by atoms with Crippen LogP contribution < -0.4 is 4.74 Å². The lowest BCUT2D eigenvalue weighted by Crippen LogP contribution is -2.49. The minimum atomic E-state index is -0.307. The first-order valence-electron chi connectivity index (χ1n) is 12.4. The Kier molecular flexibility index (Phi) is 7.28. The minimum absolute atomic E-state index is 0.0523. The standard InChI is InChI=1S/C29H29FN4O3/c1-20-26(21(2)37-32-20)14-15-33-16-18-34(19-17-33)29(35)28-5-3-4-27(31-28)22-6-10-24(11-7-22)36-25-12-8-23(30)9-13-25/h3-13H,14-19H2,1-2H3. The van der Waals surface area contributed by atoms with E-state index >= 15 is 0 Å². The fraction of sp³-hybridized carbons (Fsp3) is 0.276. The van der Waals surface area contributed by atoms with Crippen molar-refractivity contribution in [3.63, 3.8) is 0 Å². The Balaban J connectivity index is 1.17. The molecule has 5 rings (SSSR count). The van der Waals surface area contributed by atoms with E-state index in [1.807, 2.05) is 55.1 Å². The SMILES string of the molecule is Cc1noc(C)c1CCN1CCN(C(=O)c2cccc(-c3ccc(Oc4ccc(F)cc4)cc3)n2)CC1. The van der Waals surface area contributed by atoms with Crippen LogP contribution >= 0.6 is 0 Å². The Hall–Kier alpha value is -4.04. The largest absolute Gasteiger partial charge is 0.457 e. The van der Waals surface area contributed by atoms with Crippen molar-refractivity contribution in [3.8, 4) is 22.8 Å². The highest BCUT2D eigenvalue weighted by atomic mass is 19.1. The highest BCUT2D eigenvalue weighted by molar-refractivity contribution is 5.93. The van der Waals surface area contributed by atoms with E-state index in [1.54, 1.807) is 18.2 Å². The highest BCUT2D eigenvalue weighted by Gasteiger charge is 2.23. The van der Waals surface area contributed by atoms with Crippen molar-refractivity contribution < 1.29 is 18.4 Å². The molecule has 0 radical (unpaired) electrons. The summed E-state index contributed by atoms with van der Waals surface area (Å²) in [7, 11) is 0. The Morgan fingerprint density at radius 2 is 1.62 bits per heavy atom. The van der Waals surface area contributed by atoms with Gasteiger partial charge < -0.3 is 14.2 Å². The number of carbonyl (C=O) groups excluding carboxylic acids is 1. The number of nitrogens with zero attached hydrogens (tertiary/aromatic N) is 4. The van der Waals surface area contributed by atoms with Crippen LogP contribution in [0.2, 0.25) is 0 Å². The summed E-state index contributed by atoms with van der Waals surface area (Å²) >= 11 is 0. The number of benzene rings is 2. The molecular formula is C29H29FN4O3. The number of ether oxygens (including phenoxy) is 1. The van der Waals surface area contributed by atoms with Crippen molar-refractivity contribution in [1.82, 2.24) is 19.9 Å². The Labute approximate surface area is 215 Å². The molecule has 190 valence electrons. The maximum Gasteiger partial charge on any atom is 0.272 e. The summed E-state index contributed by atoms with van der Waals surface area (Å²) in [6, 6.07) is 18.8. The summed E-state index contributed by atoms with van der Waals surface area (Å²) in [5, 5.41) is 4.03. The van der Waals surface area contributed by atoms with Crippen molar-refractivity contribution in [1.29, 1.82) is 0 Å². The van der Waals surface area contributed by atoms with Crippen molar-refractivity contribution in [2.75, 3.05) is 32.7 Å². The van der Waals surface area contributed by atoms with Crippen LogP contribution in [0.25, 0.3) is 11.3 Å². The molecule has 0 saturated carbocycles. The van der Waals surface area contributed by atoms with Gasteiger partial charge >= 0.3 is 0 Å². The first kappa shape index (κ1) is 24.6. The molecule has 1 saturated heterocycles. The molecule has 0 bridgehead atoms. The van der Waals surface area contributed by atoms with Gasteiger partial charge in [0, 0.05) is 43.9 Å². The van der Waals surface area contributed by atoms with Crippen molar-refractivity contribution >= 4 is 5.91 Å². The molecule has 3 heterocycles. The number of hydrogen-bond acceptors (Lipinski definition) is 6. The summed E-state index contributed by atoms with van der Waals surface area (Å²) in [5.74, 6) is 1.72. The molecule has 0 atom stereocenters. The number of aromatic nitrogens is 2. The van der Waals surface area contributed by atoms with E-state index in [2.05, 4.69) is 15.0 Å². The van der Waals surface area contributed by atoms with E-state index in [1.165, 1.54) is 17.7 Å². The van der Waals surface area contributed by atoms with Gasteiger partial charge in [-0.05, 0) is 80.9 Å². The van der Waals surface area contributed by atoms with E-state index in [4.69, 9.17) is 9.26 Å². The van der Waals surface area contributed by atoms with E-state index in [-0.39, 0.29) is 11.7 Å². The third-order valence-electron chi connectivity index (χ3n) is 6.69. The topological polar surface area (TPSA) is 71.7 Å². The van der Waals surface area contributed by atoms with Crippen molar-refractivity contribution in [2.45, 2.75) is 20.3 Å². The lowest BCUT2D eigenvalue weighted by Gasteiger charge is -2.34. The molecule has 1 aliphatic rings. The number of rotatable bonds is 7. The van der Waals surface area contributed by atoms with Crippen LogP contribution in [0, 0.1) is 19.7 Å². The second kappa shape index (κ2) is 10.9. The second-order valence-corrected chi connectivity index (χ2v) is 9.17. The predicted octanol–water partition coefficient (Wildman–Crippen LogP) is 5.29. The summed E-state index contributed by atoms with van der Waals surface area (Å²) in [4.78, 5) is 22.1. The smallest absolute Gasteiger partial charge is 0.272 e. The quantitative estimate of drug-likeness (QED) is 0.344. The fourth-order valence-corrected chi connectivity index (χ4v) is 4.51. The van der Waals surface area contributed by atoms with E-state index in [0.29, 0.717) is 30.3 Å². The third kappa shape index (κ3) is 5.86. The van der Waals surface area contributed by atoms with Crippen LogP contribution in [0.1, 0.15) is 27.5 Å². The van der Waals surface area contributed by atoms with Gasteiger partial charge in [0.25, 0.3) is 5.91 Å². The fourth-order valence-electron chi connectivity index (χ4n) is 4.51. The molecular weight excluding hydrogens is 471 g/mol. The maximum absolute atomic E-state index is 13.2. The first-order chi connectivity index (χ1) is 18.0. The average Bonchev–Trinajstić information content (AvgIpc) is 3.26. The third-order valence-corrected chi connectivity index (χ3v) is 6.69. The van der Waals surface area contributed by atoms with E-state index < -0.39 is 0 Å². The normalized spacial score (nSPS) is 14.1. The minimum Gasteiger partial charge on any atom is -0.457 e. The molecule has 0 unspecified atom stereocenters. The lowest BCUT2D eigenvalue weighted by atomic mass is 10.1. The molecule has 1 amide bonds. The van der Waals surface area contributed by atoms with Crippen LogP contribution in [0.3, 0.4) is 0 Å². The van der Waals surface area contributed by atoms with Gasteiger partial charge in [-0.3, -0.25) is 9.69 Å². The molecule has 1 fully saturated rings. The van der Waals surface area contributed by atoms with E-state index in [9.17, 15) is 9.18 Å². The zero-order chi connectivity index (χ0) is 25.8. The molecule has 0 spiro atoms. The van der Waals surface area contributed by atoms with E-state index in [0.717, 1.165) is 48.8 Å². The molecule has 37 heavy (non-hydrogen) atoms. The second-order valence-electron chi connectivity index (χ2n) is 9.17. The Morgan fingerprint density at radius 3 is 2.27 bits per heavy atom. The Morgan fingerprint density at radius 1 is 0.946 bits per heavy atom. The molecule has 2 aromatic carbocycles. The summed E-state index contributed by atoms with van der Waals surface area (Å²) in [6.07, 6.45) is 0.895. The lowest BCUT2D eigenvalue weighted by molar-refractivity contribution is 0.0633. The molecule has 1 aliphatic heterocycles. The van der Waals surface area contributed by atoms with Crippen LogP contribution in [0.5, 0.6) is 11.5 Å². The van der Waals surface area contributed by atoms with Crippen LogP contribution in [-0.2, 0) is 6.42 Å². The van der Waals surface area contributed by atoms with Gasteiger partial charge in [0.05, 0.1) is 11.4 Å². The summed E-state index contributed by atoms with van der Waals surface area (Å²) in [5.41, 5.74) is 4.16. The number of aryl methyl sites for hydroxylation is 2. The number of piperazine rings is 1. The molecule has 0 aliphatic carbocycles. The van der Waals surface area contributed by atoms with Gasteiger partial charge in [-0.1, -0.05) is 11.2 Å². The monoisotopic (exact) mass is 500 g/mol. The summed E-state index contributed by atoms with van der Waals surface area (Å²) in [6.45, 7) is 7.82. The zero-order valence-electron chi connectivity index (χ0n) is 21.0. The van der Waals surface area contributed by atoms with Crippen LogP contribution in [-0.4, -0.2) is 58.6 Å². The predicted molar refractivity (Wildman–Crippen MR) is 138 cm³/mol. The number of carbonyl (C=O) groups is 1. The van der Waals surface area contributed by atoms with Gasteiger partial charge in [-0.25, -0.2) is 9.37 Å².